The number of carbonyl (C=O) groups excluding carboxylic acids is 1. The Bertz CT molecular complexity index is 1160. The Kier molecular flexibility index (Phi) is 4.91. The van der Waals surface area contributed by atoms with Crippen LogP contribution in [0.3, 0.4) is 0 Å². The van der Waals surface area contributed by atoms with Crippen molar-refractivity contribution in [1.29, 1.82) is 0 Å². The Balaban J connectivity index is 1.56. The van der Waals surface area contributed by atoms with Crippen LogP contribution in [0, 0.1) is 0 Å². The summed E-state index contributed by atoms with van der Waals surface area (Å²) in [5, 5.41) is 1.20. The minimum Gasteiger partial charge on any atom is -0.451 e. The standard InChI is InChI=1S/C22H19N3O3S/c26-22(25-10-12-27-13-11-25)20(15-6-2-1-3-7-15)29-21-19-18(23-14-24-21)16-8-4-5-9-17(16)28-19/h1-9,14,20H,10-13H2/t20-/m0/s1. The minimum atomic E-state index is -0.416. The third kappa shape index (κ3) is 3.47. The fraction of sp³-hybridized carbons (Fsp3) is 0.227. The van der Waals surface area contributed by atoms with E-state index in [9.17, 15) is 4.79 Å². The van der Waals surface area contributed by atoms with Crippen LogP contribution in [-0.2, 0) is 9.53 Å². The van der Waals surface area contributed by atoms with Gasteiger partial charge < -0.3 is 14.1 Å². The summed E-state index contributed by atoms with van der Waals surface area (Å²) in [7, 11) is 0. The number of hydrogen-bond acceptors (Lipinski definition) is 6. The zero-order valence-electron chi connectivity index (χ0n) is 15.7. The van der Waals surface area contributed by atoms with E-state index in [0.29, 0.717) is 36.9 Å². The molecule has 1 amide bonds. The van der Waals surface area contributed by atoms with E-state index >= 15 is 0 Å². The highest BCUT2D eigenvalue weighted by Gasteiger charge is 2.30. The molecule has 0 saturated carbocycles. The van der Waals surface area contributed by atoms with Gasteiger partial charge in [-0.3, -0.25) is 4.79 Å². The van der Waals surface area contributed by atoms with Crippen LogP contribution in [0.5, 0.6) is 0 Å². The summed E-state index contributed by atoms with van der Waals surface area (Å²) in [4.78, 5) is 24.1. The highest BCUT2D eigenvalue weighted by atomic mass is 32.2. The fourth-order valence-corrected chi connectivity index (χ4v) is 4.66. The van der Waals surface area contributed by atoms with Crippen molar-refractivity contribution < 1.29 is 13.9 Å². The first-order valence-electron chi connectivity index (χ1n) is 9.51. The summed E-state index contributed by atoms with van der Waals surface area (Å²) >= 11 is 1.41. The molecule has 2 aromatic heterocycles. The lowest BCUT2D eigenvalue weighted by molar-refractivity contribution is -0.134. The third-order valence-electron chi connectivity index (χ3n) is 5.00. The summed E-state index contributed by atoms with van der Waals surface area (Å²) in [5.41, 5.74) is 3.09. The molecule has 29 heavy (non-hydrogen) atoms. The van der Waals surface area contributed by atoms with Crippen molar-refractivity contribution in [3.63, 3.8) is 0 Å². The lowest BCUT2D eigenvalue weighted by Gasteiger charge is -2.30. The summed E-state index contributed by atoms with van der Waals surface area (Å²) in [6.45, 7) is 2.34. The molecular weight excluding hydrogens is 386 g/mol. The molecule has 2 aromatic carbocycles. The Morgan fingerprint density at radius 1 is 1.00 bits per heavy atom. The molecular formula is C22H19N3O3S. The summed E-state index contributed by atoms with van der Waals surface area (Å²) in [5.74, 6) is 0.0624. The Morgan fingerprint density at radius 2 is 1.76 bits per heavy atom. The predicted octanol–water partition coefficient (Wildman–Crippen LogP) is 4.07. The molecule has 6 nitrogen and oxygen atoms in total. The van der Waals surface area contributed by atoms with Crippen LogP contribution in [0.1, 0.15) is 10.8 Å². The van der Waals surface area contributed by atoms with Gasteiger partial charge in [-0.2, -0.15) is 0 Å². The average molecular weight is 405 g/mol. The van der Waals surface area contributed by atoms with Crippen LogP contribution in [0.4, 0.5) is 0 Å². The maximum absolute atomic E-state index is 13.4. The Labute approximate surface area is 171 Å². The van der Waals surface area contributed by atoms with Crippen LogP contribution in [0.15, 0.2) is 70.4 Å². The molecule has 0 bridgehead atoms. The number of furan rings is 1. The van der Waals surface area contributed by atoms with Crippen LogP contribution in [0.25, 0.3) is 22.1 Å². The van der Waals surface area contributed by atoms with Crippen molar-refractivity contribution in [1.82, 2.24) is 14.9 Å². The zero-order valence-corrected chi connectivity index (χ0v) is 16.5. The van der Waals surface area contributed by atoms with Gasteiger partial charge in [0.1, 0.15) is 27.7 Å². The number of rotatable bonds is 4. The SMILES string of the molecule is O=C([C@@H](Sc1ncnc2c1oc1ccccc12)c1ccccc1)N1CCOCC1. The number of aromatic nitrogens is 2. The topological polar surface area (TPSA) is 68.5 Å². The predicted molar refractivity (Wildman–Crippen MR) is 112 cm³/mol. The quantitative estimate of drug-likeness (QED) is 0.377. The molecule has 7 heteroatoms. The molecule has 0 radical (unpaired) electrons. The Hall–Kier alpha value is -2.90. The molecule has 1 atom stereocenters. The smallest absolute Gasteiger partial charge is 0.240 e. The monoisotopic (exact) mass is 405 g/mol. The van der Waals surface area contributed by atoms with Gasteiger partial charge in [-0.1, -0.05) is 54.2 Å². The minimum absolute atomic E-state index is 0.0624. The van der Waals surface area contributed by atoms with Crippen molar-refractivity contribution in [3.05, 3.63) is 66.5 Å². The van der Waals surface area contributed by atoms with Gasteiger partial charge in [-0.15, -0.1) is 0 Å². The van der Waals surface area contributed by atoms with Crippen molar-refractivity contribution in [2.24, 2.45) is 0 Å². The van der Waals surface area contributed by atoms with Gasteiger partial charge in [-0.25, -0.2) is 9.97 Å². The summed E-state index contributed by atoms with van der Waals surface area (Å²) < 4.78 is 11.5. The van der Waals surface area contributed by atoms with Crippen LogP contribution >= 0.6 is 11.8 Å². The molecule has 0 aliphatic carbocycles. The molecule has 0 N–H and O–H groups in total. The molecule has 0 spiro atoms. The van der Waals surface area contributed by atoms with E-state index in [1.165, 1.54) is 18.1 Å². The van der Waals surface area contributed by atoms with Crippen molar-refractivity contribution >= 4 is 39.7 Å². The van der Waals surface area contributed by atoms with Crippen LogP contribution in [-0.4, -0.2) is 47.1 Å². The van der Waals surface area contributed by atoms with Crippen LogP contribution < -0.4 is 0 Å². The second kappa shape index (κ2) is 7.85. The summed E-state index contributed by atoms with van der Waals surface area (Å²) in [6, 6.07) is 17.6. The van der Waals surface area contributed by atoms with Crippen molar-refractivity contribution in [2.45, 2.75) is 10.3 Å². The third-order valence-corrected chi connectivity index (χ3v) is 6.23. The first-order chi connectivity index (χ1) is 14.3. The van der Waals surface area contributed by atoms with E-state index in [0.717, 1.165) is 22.0 Å². The fourth-order valence-electron chi connectivity index (χ4n) is 3.54. The van der Waals surface area contributed by atoms with E-state index in [-0.39, 0.29) is 5.91 Å². The van der Waals surface area contributed by atoms with E-state index < -0.39 is 5.25 Å². The maximum Gasteiger partial charge on any atom is 0.240 e. The largest absolute Gasteiger partial charge is 0.451 e. The molecule has 0 unspecified atom stereocenters. The van der Waals surface area contributed by atoms with Crippen molar-refractivity contribution in [3.8, 4) is 0 Å². The highest BCUT2D eigenvalue weighted by molar-refractivity contribution is 8.00. The second-order valence-electron chi connectivity index (χ2n) is 6.80. The van der Waals surface area contributed by atoms with E-state index in [4.69, 9.17) is 9.15 Å². The average Bonchev–Trinajstić information content (AvgIpc) is 3.18. The zero-order chi connectivity index (χ0) is 19.6. The van der Waals surface area contributed by atoms with Gasteiger partial charge in [0.05, 0.1) is 13.2 Å². The van der Waals surface area contributed by atoms with E-state index in [1.54, 1.807) is 0 Å². The normalized spacial score (nSPS) is 15.7. The number of nitrogens with zero attached hydrogens (tertiary/aromatic N) is 3. The van der Waals surface area contributed by atoms with Crippen molar-refractivity contribution in [2.75, 3.05) is 26.3 Å². The number of benzene rings is 2. The van der Waals surface area contributed by atoms with Gasteiger partial charge in [0.25, 0.3) is 0 Å². The molecule has 1 fully saturated rings. The number of amides is 1. The Morgan fingerprint density at radius 3 is 2.59 bits per heavy atom. The number of morpholine rings is 1. The van der Waals surface area contributed by atoms with Gasteiger partial charge in [0.15, 0.2) is 5.58 Å². The number of ether oxygens (including phenoxy) is 1. The van der Waals surface area contributed by atoms with E-state index in [1.807, 2.05) is 59.5 Å². The second-order valence-corrected chi connectivity index (χ2v) is 7.89. The first-order valence-corrected chi connectivity index (χ1v) is 10.4. The van der Waals surface area contributed by atoms with Crippen LogP contribution in [0.2, 0.25) is 0 Å². The van der Waals surface area contributed by atoms with Gasteiger partial charge >= 0.3 is 0 Å². The highest BCUT2D eigenvalue weighted by Crippen LogP contribution is 2.40. The molecule has 4 aromatic rings. The molecule has 1 saturated heterocycles. The van der Waals surface area contributed by atoms with Gasteiger partial charge in [0, 0.05) is 18.5 Å². The molecule has 1 aliphatic heterocycles. The molecule has 5 rings (SSSR count). The number of thioether (sulfide) groups is 1. The molecule has 3 heterocycles. The van der Waals surface area contributed by atoms with Gasteiger partial charge in [-0.05, 0) is 17.7 Å². The summed E-state index contributed by atoms with van der Waals surface area (Å²) in [6.07, 6.45) is 1.54. The lowest BCUT2D eigenvalue weighted by atomic mass is 10.1. The van der Waals surface area contributed by atoms with Gasteiger partial charge in [0.2, 0.25) is 5.91 Å². The molecule has 1 aliphatic rings. The maximum atomic E-state index is 13.4. The first kappa shape index (κ1) is 18.1. The number of fused-ring (bicyclic) bond motifs is 3. The number of carbonyl (C=O) groups is 1. The lowest BCUT2D eigenvalue weighted by Crippen LogP contribution is -2.42. The number of hydrogen-bond donors (Lipinski definition) is 0. The molecule has 146 valence electrons. The number of para-hydroxylation sites is 1. The van der Waals surface area contributed by atoms with E-state index in [2.05, 4.69) is 9.97 Å².